The molecule has 1 amide bonds. The summed E-state index contributed by atoms with van der Waals surface area (Å²) in [4.78, 5) is 19.8. The SMILES string of the molecule is O=C(Nc1cncc(Br)c1Br)c1ccc(Cl)nc1. The number of rotatable bonds is 2. The Morgan fingerprint density at radius 3 is 2.67 bits per heavy atom. The van der Waals surface area contributed by atoms with Crippen molar-refractivity contribution >= 4 is 55.1 Å². The van der Waals surface area contributed by atoms with Crippen LogP contribution in [0.3, 0.4) is 0 Å². The van der Waals surface area contributed by atoms with E-state index in [0.717, 1.165) is 8.95 Å². The number of carbonyl (C=O) groups excluding carboxylic acids is 1. The van der Waals surface area contributed by atoms with Gasteiger partial charge in [-0.25, -0.2) is 4.98 Å². The molecular formula is C11H6Br2ClN3O. The first-order chi connectivity index (χ1) is 8.58. The van der Waals surface area contributed by atoms with Crippen LogP contribution in [0.5, 0.6) is 0 Å². The molecule has 0 bridgehead atoms. The minimum absolute atomic E-state index is 0.278. The van der Waals surface area contributed by atoms with Crippen molar-refractivity contribution in [3.63, 3.8) is 0 Å². The van der Waals surface area contributed by atoms with Crippen LogP contribution in [-0.2, 0) is 0 Å². The van der Waals surface area contributed by atoms with Crippen LogP contribution in [-0.4, -0.2) is 15.9 Å². The van der Waals surface area contributed by atoms with Crippen molar-refractivity contribution in [3.05, 3.63) is 50.4 Å². The molecule has 0 radical (unpaired) electrons. The normalized spacial score (nSPS) is 10.2. The molecule has 7 heteroatoms. The number of hydrogen-bond acceptors (Lipinski definition) is 3. The van der Waals surface area contributed by atoms with E-state index in [0.29, 0.717) is 16.4 Å². The third-order valence-corrected chi connectivity index (χ3v) is 4.29. The van der Waals surface area contributed by atoms with Crippen LogP contribution < -0.4 is 5.32 Å². The molecule has 0 unspecified atom stereocenters. The fourth-order valence-corrected chi connectivity index (χ4v) is 1.96. The van der Waals surface area contributed by atoms with E-state index < -0.39 is 0 Å². The Balaban J connectivity index is 2.21. The maximum atomic E-state index is 11.9. The second-order valence-electron chi connectivity index (χ2n) is 3.31. The lowest BCUT2D eigenvalue weighted by molar-refractivity contribution is 0.102. The average Bonchev–Trinajstić information content (AvgIpc) is 2.36. The first-order valence-electron chi connectivity index (χ1n) is 4.80. The summed E-state index contributed by atoms with van der Waals surface area (Å²) in [5.74, 6) is -0.278. The fraction of sp³-hybridized carbons (Fsp3) is 0. The number of nitrogens with one attached hydrogen (secondary N) is 1. The van der Waals surface area contributed by atoms with Gasteiger partial charge in [0.2, 0.25) is 0 Å². The van der Waals surface area contributed by atoms with Crippen molar-refractivity contribution in [2.75, 3.05) is 5.32 Å². The first kappa shape index (κ1) is 13.5. The molecule has 0 aromatic carbocycles. The van der Waals surface area contributed by atoms with Crippen LogP contribution in [0.25, 0.3) is 0 Å². The summed E-state index contributed by atoms with van der Waals surface area (Å²) in [6.07, 6.45) is 4.59. The minimum Gasteiger partial charge on any atom is -0.320 e. The van der Waals surface area contributed by atoms with Gasteiger partial charge in [-0.2, -0.15) is 0 Å². The number of carbonyl (C=O) groups is 1. The number of nitrogens with zero attached hydrogens (tertiary/aromatic N) is 2. The standard InChI is InChI=1S/C11H6Br2ClN3O/c12-7-4-15-5-8(10(7)13)17-11(18)6-1-2-9(14)16-3-6/h1-5H,(H,17,18). The molecule has 2 aromatic heterocycles. The number of aromatic nitrogens is 2. The molecule has 0 saturated heterocycles. The maximum Gasteiger partial charge on any atom is 0.257 e. The van der Waals surface area contributed by atoms with Gasteiger partial charge in [0.15, 0.2) is 0 Å². The van der Waals surface area contributed by atoms with Crippen molar-refractivity contribution in [3.8, 4) is 0 Å². The zero-order chi connectivity index (χ0) is 13.1. The summed E-state index contributed by atoms with van der Waals surface area (Å²) < 4.78 is 1.49. The monoisotopic (exact) mass is 389 g/mol. The van der Waals surface area contributed by atoms with Gasteiger partial charge in [0.05, 0.1) is 26.4 Å². The molecule has 1 N–H and O–H groups in total. The summed E-state index contributed by atoms with van der Waals surface area (Å²) in [7, 11) is 0. The zero-order valence-corrected chi connectivity index (χ0v) is 12.8. The van der Waals surface area contributed by atoms with Crippen LogP contribution in [0, 0.1) is 0 Å². The van der Waals surface area contributed by atoms with Crippen molar-refractivity contribution in [2.45, 2.75) is 0 Å². The van der Waals surface area contributed by atoms with Gasteiger partial charge in [0, 0.05) is 12.4 Å². The molecule has 92 valence electrons. The smallest absolute Gasteiger partial charge is 0.257 e. The number of halogens is 3. The summed E-state index contributed by atoms with van der Waals surface area (Å²) >= 11 is 12.3. The van der Waals surface area contributed by atoms with Crippen molar-refractivity contribution in [1.29, 1.82) is 0 Å². The molecule has 0 atom stereocenters. The number of hydrogen-bond donors (Lipinski definition) is 1. The van der Waals surface area contributed by atoms with Gasteiger partial charge >= 0.3 is 0 Å². The molecule has 0 fully saturated rings. The molecule has 0 aliphatic rings. The fourth-order valence-electron chi connectivity index (χ4n) is 1.21. The molecular weight excluding hydrogens is 385 g/mol. The Morgan fingerprint density at radius 2 is 2.00 bits per heavy atom. The second kappa shape index (κ2) is 5.77. The largest absolute Gasteiger partial charge is 0.320 e. The quantitative estimate of drug-likeness (QED) is 0.790. The van der Waals surface area contributed by atoms with Gasteiger partial charge in [-0.05, 0) is 44.0 Å². The van der Waals surface area contributed by atoms with Gasteiger partial charge in [-0.1, -0.05) is 11.6 Å². The molecule has 0 aliphatic carbocycles. The first-order valence-corrected chi connectivity index (χ1v) is 6.76. The predicted octanol–water partition coefficient (Wildman–Crippen LogP) is 3.91. The van der Waals surface area contributed by atoms with Crippen LogP contribution in [0.2, 0.25) is 5.15 Å². The predicted molar refractivity (Wildman–Crippen MR) is 76.8 cm³/mol. The minimum atomic E-state index is -0.278. The van der Waals surface area contributed by atoms with Gasteiger partial charge in [-0.3, -0.25) is 9.78 Å². The van der Waals surface area contributed by atoms with Gasteiger partial charge in [0.25, 0.3) is 5.91 Å². The lowest BCUT2D eigenvalue weighted by Gasteiger charge is -2.07. The second-order valence-corrected chi connectivity index (χ2v) is 5.34. The molecule has 2 aromatic rings. The highest BCUT2D eigenvalue weighted by atomic mass is 79.9. The van der Waals surface area contributed by atoms with Gasteiger partial charge in [0.1, 0.15) is 5.15 Å². The Hall–Kier alpha value is -0.980. The highest BCUT2D eigenvalue weighted by molar-refractivity contribution is 9.13. The molecule has 2 heterocycles. The topological polar surface area (TPSA) is 54.9 Å². The number of pyridine rings is 2. The zero-order valence-electron chi connectivity index (χ0n) is 8.82. The van der Waals surface area contributed by atoms with Crippen molar-refractivity contribution in [1.82, 2.24) is 9.97 Å². The molecule has 18 heavy (non-hydrogen) atoms. The Bertz CT molecular complexity index is 589. The molecule has 2 rings (SSSR count). The molecule has 0 saturated carbocycles. The summed E-state index contributed by atoms with van der Waals surface area (Å²) in [5, 5.41) is 3.07. The summed E-state index contributed by atoms with van der Waals surface area (Å²) in [6, 6.07) is 3.16. The third kappa shape index (κ3) is 3.07. The van der Waals surface area contributed by atoms with Crippen molar-refractivity contribution < 1.29 is 4.79 Å². The van der Waals surface area contributed by atoms with Crippen LogP contribution >= 0.6 is 43.5 Å². The van der Waals surface area contributed by atoms with Crippen molar-refractivity contribution in [2.24, 2.45) is 0 Å². The lowest BCUT2D eigenvalue weighted by atomic mass is 10.2. The van der Waals surface area contributed by atoms with Crippen LogP contribution in [0.4, 0.5) is 5.69 Å². The highest BCUT2D eigenvalue weighted by Crippen LogP contribution is 2.29. The summed E-state index contributed by atoms with van der Waals surface area (Å²) in [5.41, 5.74) is 0.996. The lowest BCUT2D eigenvalue weighted by Crippen LogP contribution is -2.12. The Kier molecular flexibility index (Phi) is 4.31. The van der Waals surface area contributed by atoms with E-state index in [-0.39, 0.29) is 5.91 Å². The van der Waals surface area contributed by atoms with E-state index in [2.05, 4.69) is 47.1 Å². The molecule has 0 spiro atoms. The van der Waals surface area contributed by atoms with E-state index in [1.807, 2.05) is 0 Å². The number of amides is 1. The van der Waals surface area contributed by atoms with E-state index in [4.69, 9.17) is 11.6 Å². The van der Waals surface area contributed by atoms with E-state index in [9.17, 15) is 4.79 Å². The molecule has 0 aliphatic heterocycles. The number of anilines is 1. The van der Waals surface area contributed by atoms with Gasteiger partial charge < -0.3 is 5.32 Å². The Labute approximate surface area is 125 Å². The highest BCUT2D eigenvalue weighted by Gasteiger charge is 2.10. The van der Waals surface area contributed by atoms with Crippen LogP contribution in [0.1, 0.15) is 10.4 Å². The van der Waals surface area contributed by atoms with E-state index in [1.165, 1.54) is 6.20 Å². The van der Waals surface area contributed by atoms with E-state index in [1.54, 1.807) is 24.5 Å². The summed E-state index contributed by atoms with van der Waals surface area (Å²) in [6.45, 7) is 0. The maximum absolute atomic E-state index is 11.9. The third-order valence-electron chi connectivity index (χ3n) is 2.08. The molecule has 4 nitrogen and oxygen atoms in total. The Morgan fingerprint density at radius 1 is 1.22 bits per heavy atom. The van der Waals surface area contributed by atoms with E-state index >= 15 is 0 Å². The van der Waals surface area contributed by atoms with Gasteiger partial charge in [-0.15, -0.1) is 0 Å². The average molecular weight is 391 g/mol. The van der Waals surface area contributed by atoms with Crippen LogP contribution in [0.15, 0.2) is 39.7 Å².